The van der Waals surface area contributed by atoms with E-state index in [0.29, 0.717) is 11.3 Å². The van der Waals surface area contributed by atoms with E-state index < -0.39 is 21.7 Å². The topological polar surface area (TPSA) is 89.3 Å². The highest BCUT2D eigenvalue weighted by atomic mass is 32.2. The van der Waals surface area contributed by atoms with Crippen LogP contribution in [0.3, 0.4) is 0 Å². The Hall–Kier alpha value is -2.25. The van der Waals surface area contributed by atoms with Crippen LogP contribution in [0.25, 0.3) is 0 Å². The number of nitrogens with one attached hydrogen (secondary N) is 1. The van der Waals surface area contributed by atoms with Gasteiger partial charge in [-0.3, -0.25) is 4.79 Å². The van der Waals surface area contributed by atoms with Crippen LogP contribution in [-0.2, 0) is 10.0 Å². The number of rotatable bonds is 3. The summed E-state index contributed by atoms with van der Waals surface area (Å²) < 4.78 is 35.5. The monoisotopic (exact) mass is 308 g/mol. The molecule has 0 atom stereocenters. The van der Waals surface area contributed by atoms with E-state index in [-0.39, 0.29) is 10.5 Å². The predicted octanol–water partition coefficient (Wildman–Crippen LogP) is 2.03. The molecule has 0 heterocycles. The summed E-state index contributed by atoms with van der Waals surface area (Å²) in [6.07, 6.45) is 0. The Morgan fingerprint density at radius 2 is 1.76 bits per heavy atom. The first-order valence-corrected chi connectivity index (χ1v) is 7.52. The number of anilines is 1. The van der Waals surface area contributed by atoms with Crippen LogP contribution in [0.2, 0.25) is 0 Å². The van der Waals surface area contributed by atoms with Crippen molar-refractivity contribution in [3.05, 3.63) is 59.4 Å². The second kappa shape index (κ2) is 5.63. The molecular formula is C14H13FN2O3S. The first kappa shape index (κ1) is 15.1. The number of amides is 1. The third-order valence-electron chi connectivity index (χ3n) is 2.75. The van der Waals surface area contributed by atoms with E-state index in [1.165, 1.54) is 30.3 Å². The Kier molecular flexibility index (Phi) is 4.06. The van der Waals surface area contributed by atoms with E-state index in [1.54, 1.807) is 13.0 Å². The Morgan fingerprint density at radius 3 is 2.29 bits per heavy atom. The third-order valence-corrected chi connectivity index (χ3v) is 3.67. The van der Waals surface area contributed by atoms with Crippen molar-refractivity contribution in [3.63, 3.8) is 0 Å². The molecule has 0 bridgehead atoms. The van der Waals surface area contributed by atoms with Gasteiger partial charge in [0.15, 0.2) is 0 Å². The average molecular weight is 308 g/mol. The van der Waals surface area contributed by atoms with Crippen LogP contribution in [0.5, 0.6) is 0 Å². The van der Waals surface area contributed by atoms with Gasteiger partial charge in [-0.2, -0.15) is 0 Å². The summed E-state index contributed by atoms with van der Waals surface area (Å²) in [5, 5.41) is 7.53. The van der Waals surface area contributed by atoms with E-state index in [1.807, 2.05) is 0 Å². The molecule has 0 aliphatic carbocycles. The molecule has 1 amide bonds. The lowest BCUT2D eigenvalue weighted by molar-refractivity contribution is 0.102. The van der Waals surface area contributed by atoms with Crippen molar-refractivity contribution in [3.8, 4) is 0 Å². The molecule has 0 fully saturated rings. The van der Waals surface area contributed by atoms with Gasteiger partial charge < -0.3 is 5.32 Å². The normalized spacial score (nSPS) is 11.2. The van der Waals surface area contributed by atoms with Crippen molar-refractivity contribution in [1.82, 2.24) is 0 Å². The highest BCUT2D eigenvalue weighted by Crippen LogP contribution is 2.15. The number of nitrogens with two attached hydrogens (primary N) is 1. The van der Waals surface area contributed by atoms with Gasteiger partial charge in [-0.15, -0.1) is 0 Å². The summed E-state index contributed by atoms with van der Waals surface area (Å²) in [5.74, 6) is -0.981. The number of primary sulfonamides is 1. The van der Waals surface area contributed by atoms with Crippen LogP contribution >= 0.6 is 0 Å². The Bertz CT molecular complexity index is 766. The van der Waals surface area contributed by atoms with Gasteiger partial charge in [0.05, 0.1) is 4.90 Å². The van der Waals surface area contributed by atoms with E-state index in [9.17, 15) is 17.6 Å². The second-order valence-electron chi connectivity index (χ2n) is 4.54. The Morgan fingerprint density at radius 1 is 1.14 bits per heavy atom. The van der Waals surface area contributed by atoms with E-state index in [2.05, 4.69) is 5.32 Å². The number of benzene rings is 2. The number of halogens is 1. The van der Waals surface area contributed by atoms with Gasteiger partial charge in [0, 0.05) is 11.3 Å². The molecule has 0 saturated carbocycles. The van der Waals surface area contributed by atoms with Gasteiger partial charge >= 0.3 is 0 Å². The minimum Gasteiger partial charge on any atom is -0.322 e. The first-order valence-electron chi connectivity index (χ1n) is 5.97. The molecule has 2 rings (SSSR count). The van der Waals surface area contributed by atoms with Crippen molar-refractivity contribution in [2.75, 3.05) is 5.32 Å². The summed E-state index contributed by atoms with van der Waals surface area (Å²) in [7, 11) is -3.77. The summed E-state index contributed by atoms with van der Waals surface area (Å²) in [6.45, 7) is 1.68. The summed E-state index contributed by atoms with van der Waals surface area (Å²) in [4.78, 5) is 11.9. The zero-order valence-corrected chi connectivity index (χ0v) is 11.9. The molecule has 0 radical (unpaired) electrons. The molecule has 5 nitrogen and oxygen atoms in total. The predicted molar refractivity (Wildman–Crippen MR) is 76.9 cm³/mol. The molecule has 0 spiro atoms. The van der Waals surface area contributed by atoms with Crippen molar-refractivity contribution in [2.45, 2.75) is 11.8 Å². The minimum absolute atomic E-state index is 0.0536. The standard InChI is InChI=1S/C14H13FN2O3S/c1-9-6-10(8-11(15)7-9)14(18)17-12-2-4-13(5-3-12)21(16,19)20/h2-8H,1H3,(H,17,18)(H2,16,19,20). The van der Waals surface area contributed by atoms with Crippen LogP contribution in [-0.4, -0.2) is 14.3 Å². The summed E-state index contributed by atoms with van der Waals surface area (Å²) in [6, 6.07) is 9.37. The highest BCUT2D eigenvalue weighted by molar-refractivity contribution is 7.89. The summed E-state index contributed by atoms with van der Waals surface area (Å²) in [5.41, 5.74) is 1.20. The molecule has 7 heteroatoms. The summed E-state index contributed by atoms with van der Waals surface area (Å²) >= 11 is 0. The number of carbonyl (C=O) groups excluding carboxylic acids is 1. The number of hydrogen-bond donors (Lipinski definition) is 2. The van der Waals surface area contributed by atoms with Crippen molar-refractivity contribution in [2.24, 2.45) is 5.14 Å². The molecule has 3 N–H and O–H groups in total. The van der Waals surface area contributed by atoms with Crippen molar-refractivity contribution in [1.29, 1.82) is 0 Å². The number of carbonyl (C=O) groups is 1. The van der Waals surface area contributed by atoms with E-state index in [4.69, 9.17) is 5.14 Å². The van der Waals surface area contributed by atoms with Gasteiger partial charge in [-0.1, -0.05) is 0 Å². The number of sulfonamides is 1. The smallest absolute Gasteiger partial charge is 0.255 e. The van der Waals surface area contributed by atoms with Crippen molar-refractivity contribution < 1.29 is 17.6 Å². The second-order valence-corrected chi connectivity index (χ2v) is 6.10. The van der Waals surface area contributed by atoms with Crippen molar-refractivity contribution >= 4 is 21.6 Å². The minimum atomic E-state index is -3.77. The largest absolute Gasteiger partial charge is 0.322 e. The third kappa shape index (κ3) is 3.87. The van der Waals surface area contributed by atoms with Crippen LogP contribution in [0, 0.1) is 12.7 Å². The fraction of sp³-hybridized carbons (Fsp3) is 0.0714. The molecule has 2 aromatic rings. The lowest BCUT2D eigenvalue weighted by atomic mass is 10.1. The van der Waals surface area contributed by atoms with Gasteiger partial charge in [-0.25, -0.2) is 17.9 Å². The fourth-order valence-electron chi connectivity index (χ4n) is 1.80. The fourth-order valence-corrected chi connectivity index (χ4v) is 2.31. The average Bonchev–Trinajstić information content (AvgIpc) is 2.37. The van der Waals surface area contributed by atoms with E-state index in [0.717, 1.165) is 6.07 Å². The van der Waals surface area contributed by atoms with Gasteiger partial charge in [-0.05, 0) is 55.0 Å². The molecule has 2 aromatic carbocycles. The van der Waals surface area contributed by atoms with Crippen LogP contribution in [0.1, 0.15) is 15.9 Å². The molecular weight excluding hydrogens is 295 g/mol. The molecule has 0 aliphatic heterocycles. The maximum Gasteiger partial charge on any atom is 0.255 e. The number of hydrogen-bond acceptors (Lipinski definition) is 3. The quantitative estimate of drug-likeness (QED) is 0.909. The molecule has 0 unspecified atom stereocenters. The SMILES string of the molecule is Cc1cc(F)cc(C(=O)Nc2ccc(S(N)(=O)=O)cc2)c1. The van der Waals surface area contributed by atoms with Gasteiger partial charge in [0.2, 0.25) is 10.0 Å². The van der Waals surface area contributed by atoms with Crippen LogP contribution < -0.4 is 10.5 Å². The first-order chi connectivity index (χ1) is 9.75. The molecule has 21 heavy (non-hydrogen) atoms. The molecule has 110 valence electrons. The van der Waals surface area contributed by atoms with Gasteiger partial charge in [0.1, 0.15) is 5.82 Å². The number of aryl methyl sites for hydroxylation is 1. The molecule has 0 saturated heterocycles. The Balaban J connectivity index is 2.20. The van der Waals surface area contributed by atoms with Crippen LogP contribution in [0.15, 0.2) is 47.4 Å². The highest BCUT2D eigenvalue weighted by Gasteiger charge is 2.10. The molecule has 0 aliphatic rings. The van der Waals surface area contributed by atoms with Gasteiger partial charge in [0.25, 0.3) is 5.91 Å². The lowest BCUT2D eigenvalue weighted by Gasteiger charge is -2.07. The molecule has 0 aromatic heterocycles. The maximum absolute atomic E-state index is 13.3. The lowest BCUT2D eigenvalue weighted by Crippen LogP contribution is -2.14. The Labute approximate surface area is 121 Å². The zero-order valence-electron chi connectivity index (χ0n) is 11.1. The zero-order chi connectivity index (χ0) is 15.6. The van der Waals surface area contributed by atoms with Crippen LogP contribution in [0.4, 0.5) is 10.1 Å². The van der Waals surface area contributed by atoms with E-state index >= 15 is 0 Å². The maximum atomic E-state index is 13.3.